The molecule has 1 rings (SSSR count). The van der Waals surface area contributed by atoms with Gasteiger partial charge in [0, 0.05) is 24.0 Å². The summed E-state index contributed by atoms with van der Waals surface area (Å²) in [7, 11) is 0. The molecule has 0 saturated heterocycles. The van der Waals surface area contributed by atoms with E-state index < -0.39 is 0 Å². The first-order valence-corrected chi connectivity index (χ1v) is 6.25. The van der Waals surface area contributed by atoms with Crippen LogP contribution < -0.4 is 0 Å². The Morgan fingerprint density at radius 2 is 1.94 bits per heavy atom. The molecule has 16 heavy (non-hydrogen) atoms. The van der Waals surface area contributed by atoms with Crippen molar-refractivity contribution in [1.82, 2.24) is 4.57 Å². The van der Waals surface area contributed by atoms with Crippen molar-refractivity contribution >= 4 is 5.78 Å². The minimum Gasteiger partial charge on any atom is -0.351 e. The standard InChI is InChI=1S/C14H23NO/c1-5-6-7-8-9-15-10-11(2)14(12(15)3)13(4)16/h10H,5-9H2,1-4H3. The summed E-state index contributed by atoms with van der Waals surface area (Å²) in [5, 5.41) is 0. The lowest BCUT2D eigenvalue weighted by Crippen LogP contribution is -2.02. The van der Waals surface area contributed by atoms with Crippen LogP contribution in [0.5, 0.6) is 0 Å². The number of aromatic nitrogens is 1. The van der Waals surface area contributed by atoms with Crippen LogP contribution in [0.4, 0.5) is 0 Å². The minimum absolute atomic E-state index is 0.183. The van der Waals surface area contributed by atoms with E-state index in [1.165, 1.54) is 25.7 Å². The lowest BCUT2D eigenvalue weighted by Gasteiger charge is -2.06. The number of ketones is 1. The molecule has 0 aliphatic carbocycles. The van der Waals surface area contributed by atoms with E-state index >= 15 is 0 Å². The maximum Gasteiger partial charge on any atom is 0.161 e. The maximum atomic E-state index is 11.5. The zero-order chi connectivity index (χ0) is 12.1. The first kappa shape index (κ1) is 13.0. The Balaban J connectivity index is 2.67. The van der Waals surface area contributed by atoms with E-state index in [1.54, 1.807) is 6.92 Å². The maximum absolute atomic E-state index is 11.5. The van der Waals surface area contributed by atoms with Gasteiger partial charge < -0.3 is 4.57 Å². The van der Waals surface area contributed by atoms with Crippen LogP contribution in [0.15, 0.2) is 6.20 Å². The summed E-state index contributed by atoms with van der Waals surface area (Å²) in [5.41, 5.74) is 3.15. The third kappa shape index (κ3) is 2.97. The van der Waals surface area contributed by atoms with Crippen molar-refractivity contribution in [3.63, 3.8) is 0 Å². The number of Topliss-reactive ketones (excluding diaryl/α,β-unsaturated/α-hetero) is 1. The molecule has 1 heterocycles. The van der Waals surface area contributed by atoms with Gasteiger partial charge in [-0.3, -0.25) is 4.79 Å². The molecule has 90 valence electrons. The first-order chi connectivity index (χ1) is 7.57. The van der Waals surface area contributed by atoms with E-state index in [0.29, 0.717) is 0 Å². The van der Waals surface area contributed by atoms with Crippen LogP contribution in [0.1, 0.15) is 61.1 Å². The highest BCUT2D eigenvalue weighted by molar-refractivity contribution is 5.96. The smallest absolute Gasteiger partial charge is 0.161 e. The zero-order valence-corrected chi connectivity index (χ0v) is 11.0. The van der Waals surface area contributed by atoms with Crippen LogP contribution >= 0.6 is 0 Å². The second kappa shape index (κ2) is 5.88. The summed E-state index contributed by atoms with van der Waals surface area (Å²) < 4.78 is 2.22. The highest BCUT2D eigenvalue weighted by atomic mass is 16.1. The molecule has 2 heteroatoms. The lowest BCUT2D eigenvalue weighted by atomic mass is 10.1. The first-order valence-electron chi connectivity index (χ1n) is 6.25. The van der Waals surface area contributed by atoms with Crippen molar-refractivity contribution in [2.45, 2.75) is 59.9 Å². The quantitative estimate of drug-likeness (QED) is 0.527. The molecule has 0 bridgehead atoms. The van der Waals surface area contributed by atoms with Crippen molar-refractivity contribution in [3.05, 3.63) is 23.0 Å². The Bertz CT molecular complexity index is 363. The number of carbonyl (C=O) groups is 1. The van der Waals surface area contributed by atoms with Gasteiger partial charge in [0.2, 0.25) is 0 Å². The second-order valence-electron chi connectivity index (χ2n) is 4.58. The number of hydrogen-bond donors (Lipinski definition) is 0. The number of nitrogens with zero attached hydrogens (tertiary/aromatic N) is 1. The molecule has 0 aliphatic rings. The number of carbonyl (C=O) groups excluding carboxylic acids is 1. The van der Waals surface area contributed by atoms with Crippen molar-refractivity contribution in [2.24, 2.45) is 0 Å². The minimum atomic E-state index is 0.183. The Labute approximate surface area is 98.7 Å². The number of rotatable bonds is 6. The average Bonchev–Trinajstić information content (AvgIpc) is 2.49. The monoisotopic (exact) mass is 221 g/mol. The summed E-state index contributed by atoms with van der Waals surface area (Å²) in [5.74, 6) is 0.183. The summed E-state index contributed by atoms with van der Waals surface area (Å²) in [6.45, 7) is 8.98. The van der Waals surface area contributed by atoms with Crippen LogP contribution in [0.2, 0.25) is 0 Å². The third-order valence-electron chi connectivity index (χ3n) is 3.14. The molecule has 0 saturated carbocycles. The van der Waals surface area contributed by atoms with Crippen molar-refractivity contribution < 1.29 is 4.79 Å². The Hall–Kier alpha value is -1.05. The molecule has 0 aliphatic heterocycles. The molecule has 2 nitrogen and oxygen atoms in total. The predicted molar refractivity (Wildman–Crippen MR) is 68.1 cm³/mol. The zero-order valence-electron chi connectivity index (χ0n) is 11.0. The molecule has 1 aromatic heterocycles. The average molecular weight is 221 g/mol. The van der Waals surface area contributed by atoms with Crippen LogP contribution in [0.3, 0.4) is 0 Å². The van der Waals surface area contributed by atoms with Gasteiger partial charge in [-0.1, -0.05) is 26.2 Å². The van der Waals surface area contributed by atoms with E-state index in [0.717, 1.165) is 23.4 Å². The van der Waals surface area contributed by atoms with E-state index in [1.807, 2.05) is 13.8 Å². The molecule has 0 atom stereocenters. The van der Waals surface area contributed by atoms with Gasteiger partial charge in [-0.25, -0.2) is 0 Å². The van der Waals surface area contributed by atoms with Gasteiger partial charge in [0.15, 0.2) is 5.78 Å². The number of aryl methyl sites for hydroxylation is 2. The number of hydrogen-bond acceptors (Lipinski definition) is 1. The molecule has 0 aromatic carbocycles. The fraction of sp³-hybridized carbons (Fsp3) is 0.643. The summed E-state index contributed by atoms with van der Waals surface area (Å²) in [6.07, 6.45) is 7.17. The second-order valence-corrected chi connectivity index (χ2v) is 4.58. The third-order valence-corrected chi connectivity index (χ3v) is 3.14. The summed E-state index contributed by atoms with van der Waals surface area (Å²) in [6, 6.07) is 0. The van der Waals surface area contributed by atoms with Gasteiger partial charge in [0.05, 0.1) is 0 Å². The normalized spacial score (nSPS) is 10.8. The van der Waals surface area contributed by atoms with Crippen molar-refractivity contribution in [2.75, 3.05) is 0 Å². The van der Waals surface area contributed by atoms with Gasteiger partial charge in [-0.2, -0.15) is 0 Å². The van der Waals surface area contributed by atoms with E-state index in [4.69, 9.17) is 0 Å². The summed E-state index contributed by atoms with van der Waals surface area (Å²) in [4.78, 5) is 11.5. The lowest BCUT2D eigenvalue weighted by molar-refractivity contribution is 0.101. The molecule has 0 unspecified atom stereocenters. The molecule has 1 aromatic rings. The topological polar surface area (TPSA) is 22.0 Å². The SMILES string of the molecule is CCCCCCn1cc(C)c(C(C)=O)c1C. The van der Waals surface area contributed by atoms with Gasteiger partial charge in [0.1, 0.15) is 0 Å². The Kier molecular flexibility index (Phi) is 4.78. The Morgan fingerprint density at radius 3 is 2.44 bits per heavy atom. The highest BCUT2D eigenvalue weighted by Gasteiger charge is 2.12. The largest absolute Gasteiger partial charge is 0.351 e. The van der Waals surface area contributed by atoms with Gasteiger partial charge in [-0.15, -0.1) is 0 Å². The van der Waals surface area contributed by atoms with E-state index in [-0.39, 0.29) is 5.78 Å². The summed E-state index contributed by atoms with van der Waals surface area (Å²) >= 11 is 0. The predicted octanol–water partition coefficient (Wildman–Crippen LogP) is 3.89. The van der Waals surface area contributed by atoms with Crippen LogP contribution in [0.25, 0.3) is 0 Å². The van der Waals surface area contributed by atoms with Gasteiger partial charge in [-0.05, 0) is 32.8 Å². The fourth-order valence-corrected chi connectivity index (χ4v) is 2.30. The van der Waals surface area contributed by atoms with Crippen molar-refractivity contribution in [3.8, 4) is 0 Å². The van der Waals surface area contributed by atoms with Gasteiger partial charge in [0.25, 0.3) is 0 Å². The fourth-order valence-electron chi connectivity index (χ4n) is 2.30. The Morgan fingerprint density at radius 1 is 1.25 bits per heavy atom. The molecular weight excluding hydrogens is 198 g/mol. The molecule has 0 fully saturated rings. The van der Waals surface area contributed by atoms with Crippen LogP contribution in [0, 0.1) is 13.8 Å². The van der Waals surface area contributed by atoms with Gasteiger partial charge >= 0.3 is 0 Å². The van der Waals surface area contributed by atoms with Crippen LogP contribution in [-0.2, 0) is 6.54 Å². The molecular formula is C14H23NO. The van der Waals surface area contributed by atoms with E-state index in [9.17, 15) is 4.79 Å². The van der Waals surface area contributed by atoms with Crippen molar-refractivity contribution in [1.29, 1.82) is 0 Å². The molecule has 0 radical (unpaired) electrons. The molecule has 0 N–H and O–H groups in total. The van der Waals surface area contributed by atoms with Crippen LogP contribution in [-0.4, -0.2) is 10.4 Å². The molecule has 0 spiro atoms. The number of unbranched alkanes of at least 4 members (excludes halogenated alkanes) is 3. The van der Waals surface area contributed by atoms with E-state index in [2.05, 4.69) is 17.7 Å². The molecule has 0 amide bonds. The highest BCUT2D eigenvalue weighted by Crippen LogP contribution is 2.17.